The number of nitrogens with zero attached hydrogens (tertiary/aromatic N) is 2. The topological polar surface area (TPSA) is 63.7 Å². The van der Waals surface area contributed by atoms with Crippen molar-refractivity contribution in [2.75, 3.05) is 43.6 Å². The van der Waals surface area contributed by atoms with Gasteiger partial charge in [-0.3, -0.25) is 4.79 Å². The summed E-state index contributed by atoms with van der Waals surface area (Å²) in [6.45, 7) is 3.17. The first-order valence-corrected chi connectivity index (χ1v) is 7.51. The quantitative estimate of drug-likeness (QED) is 0.937. The van der Waals surface area contributed by atoms with Crippen LogP contribution in [0.1, 0.15) is 10.4 Å². The molecule has 1 amide bonds. The number of benzene rings is 1. The van der Waals surface area contributed by atoms with Crippen LogP contribution in [-0.4, -0.2) is 44.3 Å². The summed E-state index contributed by atoms with van der Waals surface area (Å²) in [6.07, 6.45) is 1.77. The predicted molar refractivity (Wildman–Crippen MR) is 88.2 cm³/mol. The number of carbonyl (C=O) groups is 1. The summed E-state index contributed by atoms with van der Waals surface area (Å²) in [4.78, 5) is 18.9. The van der Waals surface area contributed by atoms with E-state index in [-0.39, 0.29) is 5.91 Å². The zero-order valence-corrected chi connectivity index (χ0v) is 13.0. The van der Waals surface area contributed by atoms with Crippen LogP contribution in [0.4, 0.5) is 11.5 Å². The van der Waals surface area contributed by atoms with Crippen LogP contribution in [-0.2, 0) is 4.74 Å². The maximum Gasteiger partial charge on any atom is 0.260 e. The van der Waals surface area contributed by atoms with Crippen LogP contribution in [0, 0.1) is 0 Å². The molecule has 120 valence electrons. The van der Waals surface area contributed by atoms with Crippen molar-refractivity contribution in [1.82, 2.24) is 4.98 Å². The van der Waals surface area contributed by atoms with Crippen LogP contribution in [0.3, 0.4) is 0 Å². The number of para-hydroxylation sites is 1. The first-order chi connectivity index (χ1) is 11.3. The average Bonchev–Trinajstić information content (AvgIpc) is 2.63. The van der Waals surface area contributed by atoms with E-state index >= 15 is 0 Å². The number of pyridine rings is 1. The highest BCUT2D eigenvalue weighted by atomic mass is 16.5. The molecule has 23 heavy (non-hydrogen) atoms. The third kappa shape index (κ3) is 3.60. The van der Waals surface area contributed by atoms with Gasteiger partial charge < -0.3 is 19.7 Å². The minimum Gasteiger partial charge on any atom is -0.496 e. The van der Waals surface area contributed by atoms with Crippen molar-refractivity contribution in [3.8, 4) is 5.75 Å². The fraction of sp³-hybridized carbons (Fsp3) is 0.294. The second kappa shape index (κ2) is 7.11. The number of aromatic nitrogens is 1. The van der Waals surface area contributed by atoms with Gasteiger partial charge in [-0.2, -0.15) is 0 Å². The van der Waals surface area contributed by atoms with Crippen molar-refractivity contribution >= 4 is 17.4 Å². The Bertz CT molecular complexity index is 667. The maximum atomic E-state index is 12.3. The molecule has 3 rings (SSSR count). The van der Waals surface area contributed by atoms with Crippen LogP contribution in [0.15, 0.2) is 42.6 Å². The van der Waals surface area contributed by atoms with E-state index in [9.17, 15) is 4.79 Å². The number of amides is 1. The van der Waals surface area contributed by atoms with Gasteiger partial charge in [-0.1, -0.05) is 12.1 Å². The minimum atomic E-state index is -0.242. The SMILES string of the molecule is COc1ccccc1C(=O)Nc1ccc(N2CCOCC2)cn1. The molecule has 1 N–H and O–H groups in total. The van der Waals surface area contributed by atoms with Crippen LogP contribution in [0.2, 0.25) is 0 Å². The van der Waals surface area contributed by atoms with Gasteiger partial charge in [0.05, 0.1) is 37.8 Å². The standard InChI is InChI=1S/C17H19N3O3/c1-22-15-5-3-2-4-14(15)17(21)19-16-7-6-13(12-18-16)20-8-10-23-11-9-20/h2-7,12H,8-11H2,1H3,(H,18,19,21). The molecule has 0 aliphatic carbocycles. The second-order valence-corrected chi connectivity index (χ2v) is 5.16. The summed E-state index contributed by atoms with van der Waals surface area (Å²) in [7, 11) is 1.54. The fourth-order valence-corrected chi connectivity index (χ4v) is 2.48. The highest BCUT2D eigenvalue weighted by molar-refractivity contribution is 6.05. The van der Waals surface area contributed by atoms with Gasteiger partial charge in [0.1, 0.15) is 11.6 Å². The lowest BCUT2D eigenvalue weighted by atomic mass is 10.2. The lowest BCUT2D eigenvalue weighted by molar-refractivity contribution is 0.102. The van der Waals surface area contributed by atoms with Gasteiger partial charge in [-0.15, -0.1) is 0 Å². The van der Waals surface area contributed by atoms with Gasteiger partial charge in [-0.05, 0) is 24.3 Å². The molecular weight excluding hydrogens is 294 g/mol. The zero-order chi connectivity index (χ0) is 16.1. The molecule has 0 radical (unpaired) electrons. The molecule has 6 heteroatoms. The Labute approximate surface area is 135 Å². The summed E-state index contributed by atoms with van der Waals surface area (Å²) in [6, 6.07) is 10.9. The molecular formula is C17H19N3O3. The van der Waals surface area contributed by atoms with Crippen LogP contribution >= 0.6 is 0 Å². The molecule has 1 aliphatic heterocycles. The molecule has 2 aromatic rings. The van der Waals surface area contributed by atoms with Crippen molar-refractivity contribution in [3.63, 3.8) is 0 Å². The Kier molecular flexibility index (Phi) is 4.73. The molecule has 6 nitrogen and oxygen atoms in total. The van der Waals surface area contributed by atoms with Crippen LogP contribution in [0.25, 0.3) is 0 Å². The molecule has 0 unspecified atom stereocenters. The lowest BCUT2D eigenvalue weighted by Gasteiger charge is -2.28. The largest absolute Gasteiger partial charge is 0.496 e. The third-order valence-corrected chi connectivity index (χ3v) is 3.72. The smallest absolute Gasteiger partial charge is 0.260 e. The zero-order valence-electron chi connectivity index (χ0n) is 13.0. The number of hydrogen-bond donors (Lipinski definition) is 1. The van der Waals surface area contributed by atoms with Gasteiger partial charge in [0, 0.05) is 13.1 Å². The Morgan fingerprint density at radius 2 is 2.00 bits per heavy atom. The first kappa shape index (κ1) is 15.3. The summed E-state index contributed by atoms with van der Waals surface area (Å²) in [5, 5.41) is 2.79. The van der Waals surface area contributed by atoms with E-state index in [0.717, 1.165) is 32.0 Å². The number of morpholine rings is 1. The van der Waals surface area contributed by atoms with E-state index in [0.29, 0.717) is 17.1 Å². The molecule has 1 saturated heterocycles. The number of ether oxygens (including phenoxy) is 2. The Hall–Kier alpha value is -2.60. The molecule has 1 aromatic carbocycles. The number of anilines is 2. The maximum absolute atomic E-state index is 12.3. The number of methoxy groups -OCH3 is 1. The monoisotopic (exact) mass is 313 g/mol. The van der Waals surface area contributed by atoms with Crippen LogP contribution in [0.5, 0.6) is 5.75 Å². The van der Waals surface area contributed by atoms with E-state index in [1.807, 2.05) is 12.1 Å². The van der Waals surface area contributed by atoms with Gasteiger partial charge in [0.2, 0.25) is 0 Å². The highest BCUT2D eigenvalue weighted by Crippen LogP contribution is 2.20. The summed E-state index contributed by atoms with van der Waals surface area (Å²) in [5.74, 6) is 0.807. The number of carbonyl (C=O) groups excluding carboxylic acids is 1. The van der Waals surface area contributed by atoms with Gasteiger partial charge in [-0.25, -0.2) is 4.98 Å². The Balaban J connectivity index is 1.69. The molecule has 2 heterocycles. The molecule has 1 aromatic heterocycles. The number of nitrogens with one attached hydrogen (secondary N) is 1. The molecule has 0 atom stereocenters. The number of hydrogen-bond acceptors (Lipinski definition) is 5. The normalized spacial score (nSPS) is 14.4. The fourth-order valence-electron chi connectivity index (χ4n) is 2.48. The lowest BCUT2D eigenvalue weighted by Crippen LogP contribution is -2.36. The second-order valence-electron chi connectivity index (χ2n) is 5.16. The van der Waals surface area contributed by atoms with Crippen molar-refractivity contribution in [3.05, 3.63) is 48.2 Å². The Morgan fingerprint density at radius 3 is 2.70 bits per heavy atom. The van der Waals surface area contributed by atoms with Gasteiger partial charge in [0.15, 0.2) is 0 Å². The van der Waals surface area contributed by atoms with E-state index < -0.39 is 0 Å². The molecule has 1 aliphatic rings. The summed E-state index contributed by atoms with van der Waals surface area (Å²) < 4.78 is 10.5. The summed E-state index contributed by atoms with van der Waals surface area (Å²) >= 11 is 0. The van der Waals surface area contributed by atoms with Crippen molar-refractivity contribution < 1.29 is 14.3 Å². The van der Waals surface area contributed by atoms with Crippen molar-refractivity contribution in [2.45, 2.75) is 0 Å². The van der Waals surface area contributed by atoms with E-state index in [2.05, 4.69) is 15.2 Å². The van der Waals surface area contributed by atoms with Crippen molar-refractivity contribution in [1.29, 1.82) is 0 Å². The molecule has 0 spiro atoms. The third-order valence-electron chi connectivity index (χ3n) is 3.72. The van der Waals surface area contributed by atoms with Crippen molar-refractivity contribution in [2.24, 2.45) is 0 Å². The molecule has 0 saturated carbocycles. The highest BCUT2D eigenvalue weighted by Gasteiger charge is 2.14. The Morgan fingerprint density at radius 1 is 1.22 bits per heavy atom. The average molecular weight is 313 g/mol. The van der Waals surface area contributed by atoms with E-state index in [1.54, 1.807) is 37.6 Å². The van der Waals surface area contributed by atoms with E-state index in [4.69, 9.17) is 9.47 Å². The first-order valence-electron chi connectivity index (χ1n) is 7.51. The van der Waals surface area contributed by atoms with Crippen LogP contribution < -0.4 is 15.0 Å². The minimum absolute atomic E-state index is 0.242. The van der Waals surface area contributed by atoms with E-state index in [1.165, 1.54) is 0 Å². The van der Waals surface area contributed by atoms with Gasteiger partial charge in [0.25, 0.3) is 5.91 Å². The predicted octanol–water partition coefficient (Wildman–Crippen LogP) is 2.18. The molecule has 1 fully saturated rings. The molecule has 0 bridgehead atoms. The van der Waals surface area contributed by atoms with Gasteiger partial charge >= 0.3 is 0 Å². The number of rotatable bonds is 4. The summed E-state index contributed by atoms with van der Waals surface area (Å²) in [5.41, 5.74) is 1.51.